The fourth-order valence-electron chi connectivity index (χ4n) is 3.25. The first-order valence-corrected chi connectivity index (χ1v) is 8.39. The standard InChI is InChI=1S/C16H18N4OS/c1-11-15(22-18-17-11)16(21)20-9-14(10-20)19-7-6-12-4-2-3-5-13(12)8-19/h2-5,14H,6-10H2,1H3. The van der Waals surface area contributed by atoms with Crippen LogP contribution in [0.15, 0.2) is 24.3 Å². The van der Waals surface area contributed by atoms with Crippen LogP contribution in [-0.4, -0.2) is 51.0 Å². The molecule has 0 atom stereocenters. The van der Waals surface area contributed by atoms with Crippen molar-refractivity contribution in [1.29, 1.82) is 0 Å². The van der Waals surface area contributed by atoms with Gasteiger partial charge in [0.1, 0.15) is 4.88 Å². The second-order valence-electron chi connectivity index (χ2n) is 6.04. The van der Waals surface area contributed by atoms with E-state index in [2.05, 4.69) is 38.8 Å². The summed E-state index contributed by atoms with van der Waals surface area (Å²) in [6.07, 6.45) is 1.11. The van der Waals surface area contributed by atoms with Crippen LogP contribution in [0.3, 0.4) is 0 Å². The molecule has 22 heavy (non-hydrogen) atoms. The lowest BCUT2D eigenvalue weighted by atomic mass is 9.96. The molecule has 114 valence electrons. The Morgan fingerprint density at radius 2 is 2.05 bits per heavy atom. The zero-order valence-electron chi connectivity index (χ0n) is 12.5. The lowest BCUT2D eigenvalue weighted by molar-refractivity contribution is 0.0221. The fourth-order valence-corrected chi connectivity index (χ4v) is 3.88. The first-order valence-electron chi connectivity index (χ1n) is 7.61. The molecule has 1 fully saturated rings. The summed E-state index contributed by atoms with van der Waals surface area (Å²) in [5.74, 6) is 0.0844. The Kier molecular flexibility index (Phi) is 3.43. The van der Waals surface area contributed by atoms with E-state index < -0.39 is 0 Å². The molecule has 0 radical (unpaired) electrons. The molecule has 4 rings (SSSR count). The Morgan fingerprint density at radius 1 is 1.27 bits per heavy atom. The van der Waals surface area contributed by atoms with Gasteiger partial charge in [0.05, 0.1) is 5.69 Å². The van der Waals surface area contributed by atoms with Crippen LogP contribution in [0.1, 0.15) is 26.5 Å². The maximum atomic E-state index is 12.4. The molecule has 1 amide bonds. The summed E-state index contributed by atoms with van der Waals surface area (Å²) in [5.41, 5.74) is 3.64. The number of nitrogens with zero attached hydrogens (tertiary/aromatic N) is 4. The van der Waals surface area contributed by atoms with Crippen molar-refractivity contribution in [3.8, 4) is 0 Å². The van der Waals surface area contributed by atoms with Crippen LogP contribution >= 0.6 is 11.5 Å². The lowest BCUT2D eigenvalue weighted by Gasteiger charge is -2.46. The number of likely N-dealkylation sites (tertiary alicyclic amines) is 1. The van der Waals surface area contributed by atoms with Crippen LogP contribution in [0.2, 0.25) is 0 Å². The van der Waals surface area contributed by atoms with Crippen molar-refractivity contribution in [2.45, 2.75) is 25.9 Å². The van der Waals surface area contributed by atoms with Gasteiger partial charge in [0.15, 0.2) is 0 Å². The third-order valence-electron chi connectivity index (χ3n) is 4.67. The summed E-state index contributed by atoms with van der Waals surface area (Å²) in [5, 5.41) is 3.92. The third-order valence-corrected chi connectivity index (χ3v) is 5.49. The van der Waals surface area contributed by atoms with Crippen LogP contribution in [0.25, 0.3) is 0 Å². The Balaban J connectivity index is 1.38. The largest absolute Gasteiger partial charge is 0.335 e. The lowest BCUT2D eigenvalue weighted by Crippen LogP contribution is -2.61. The van der Waals surface area contributed by atoms with E-state index in [0.717, 1.165) is 38.3 Å². The highest BCUT2D eigenvalue weighted by Crippen LogP contribution is 2.26. The van der Waals surface area contributed by atoms with Gasteiger partial charge >= 0.3 is 0 Å². The minimum atomic E-state index is 0.0844. The summed E-state index contributed by atoms with van der Waals surface area (Å²) in [7, 11) is 0. The number of hydrogen-bond donors (Lipinski definition) is 0. The Bertz CT molecular complexity index is 708. The Labute approximate surface area is 133 Å². The van der Waals surface area contributed by atoms with Gasteiger partial charge in [-0.05, 0) is 36.0 Å². The van der Waals surface area contributed by atoms with Gasteiger partial charge < -0.3 is 4.90 Å². The molecule has 0 bridgehead atoms. The van der Waals surface area contributed by atoms with E-state index in [9.17, 15) is 4.79 Å². The summed E-state index contributed by atoms with van der Waals surface area (Å²) in [6, 6.07) is 9.15. The van der Waals surface area contributed by atoms with Gasteiger partial charge in [-0.1, -0.05) is 28.8 Å². The van der Waals surface area contributed by atoms with E-state index in [0.29, 0.717) is 10.9 Å². The molecule has 1 aromatic carbocycles. The molecule has 1 saturated heterocycles. The van der Waals surface area contributed by atoms with Crippen LogP contribution in [0, 0.1) is 6.92 Å². The second-order valence-corrected chi connectivity index (χ2v) is 6.79. The van der Waals surface area contributed by atoms with E-state index in [1.807, 2.05) is 11.8 Å². The molecule has 0 aliphatic carbocycles. The number of amides is 1. The highest BCUT2D eigenvalue weighted by Gasteiger charge is 2.37. The first-order chi connectivity index (χ1) is 10.7. The van der Waals surface area contributed by atoms with Crippen molar-refractivity contribution in [2.75, 3.05) is 19.6 Å². The third kappa shape index (κ3) is 2.32. The topological polar surface area (TPSA) is 49.3 Å². The predicted octanol–water partition coefficient (Wildman–Crippen LogP) is 1.73. The average molecular weight is 314 g/mol. The molecule has 5 nitrogen and oxygen atoms in total. The molecule has 0 spiro atoms. The number of carbonyl (C=O) groups excluding carboxylic acids is 1. The van der Waals surface area contributed by atoms with Gasteiger partial charge in [-0.3, -0.25) is 9.69 Å². The SMILES string of the molecule is Cc1nnsc1C(=O)N1CC(N2CCc3ccccc3C2)C1. The number of hydrogen-bond acceptors (Lipinski definition) is 5. The van der Waals surface area contributed by atoms with Gasteiger partial charge in [-0.15, -0.1) is 5.10 Å². The van der Waals surface area contributed by atoms with Gasteiger partial charge in [0.25, 0.3) is 5.91 Å². The minimum Gasteiger partial charge on any atom is -0.335 e. The molecule has 0 saturated carbocycles. The molecule has 1 aromatic heterocycles. The maximum Gasteiger partial charge on any atom is 0.267 e. The highest BCUT2D eigenvalue weighted by atomic mass is 32.1. The van der Waals surface area contributed by atoms with E-state index in [-0.39, 0.29) is 5.91 Å². The molecule has 0 N–H and O–H groups in total. The zero-order valence-corrected chi connectivity index (χ0v) is 13.3. The van der Waals surface area contributed by atoms with E-state index in [1.54, 1.807) is 0 Å². The molecule has 2 aliphatic heterocycles. The number of carbonyl (C=O) groups is 1. The highest BCUT2D eigenvalue weighted by molar-refractivity contribution is 7.07. The molecular weight excluding hydrogens is 296 g/mol. The number of aromatic nitrogens is 2. The minimum absolute atomic E-state index is 0.0844. The normalized spacial score (nSPS) is 18.9. The van der Waals surface area contributed by atoms with Crippen molar-refractivity contribution in [3.05, 3.63) is 46.0 Å². The van der Waals surface area contributed by atoms with E-state index >= 15 is 0 Å². The summed E-state index contributed by atoms with van der Waals surface area (Å²) in [6.45, 7) is 5.57. The van der Waals surface area contributed by atoms with E-state index in [1.165, 1.54) is 22.7 Å². The average Bonchev–Trinajstić information content (AvgIpc) is 2.91. The van der Waals surface area contributed by atoms with Crippen LogP contribution in [0.5, 0.6) is 0 Å². The number of benzene rings is 1. The Morgan fingerprint density at radius 3 is 2.77 bits per heavy atom. The summed E-state index contributed by atoms with van der Waals surface area (Å²) >= 11 is 1.20. The van der Waals surface area contributed by atoms with Gasteiger partial charge in [-0.2, -0.15) is 0 Å². The van der Waals surface area contributed by atoms with Gasteiger partial charge in [0.2, 0.25) is 0 Å². The smallest absolute Gasteiger partial charge is 0.267 e. The molecule has 6 heteroatoms. The van der Waals surface area contributed by atoms with E-state index in [4.69, 9.17) is 0 Å². The first kappa shape index (κ1) is 13.8. The number of fused-ring (bicyclic) bond motifs is 1. The molecular formula is C16H18N4OS. The molecule has 2 aliphatic rings. The fraction of sp³-hybridized carbons (Fsp3) is 0.438. The summed E-state index contributed by atoms with van der Waals surface area (Å²) < 4.78 is 3.85. The van der Waals surface area contributed by atoms with Crippen molar-refractivity contribution in [2.24, 2.45) is 0 Å². The summed E-state index contributed by atoms with van der Waals surface area (Å²) in [4.78, 5) is 17.5. The molecule has 0 unspecified atom stereocenters. The van der Waals surface area contributed by atoms with Gasteiger partial charge in [0, 0.05) is 32.2 Å². The second kappa shape index (κ2) is 5.44. The monoisotopic (exact) mass is 314 g/mol. The van der Waals surface area contributed by atoms with Crippen molar-refractivity contribution >= 4 is 17.4 Å². The number of rotatable bonds is 2. The van der Waals surface area contributed by atoms with Crippen molar-refractivity contribution < 1.29 is 4.79 Å². The molecule has 2 aromatic rings. The van der Waals surface area contributed by atoms with Crippen LogP contribution in [-0.2, 0) is 13.0 Å². The van der Waals surface area contributed by atoms with Gasteiger partial charge in [-0.25, -0.2) is 0 Å². The predicted molar refractivity (Wildman–Crippen MR) is 84.9 cm³/mol. The van der Waals surface area contributed by atoms with Crippen LogP contribution < -0.4 is 0 Å². The number of aryl methyl sites for hydroxylation is 1. The van der Waals surface area contributed by atoms with Crippen molar-refractivity contribution in [1.82, 2.24) is 19.4 Å². The van der Waals surface area contributed by atoms with Crippen LogP contribution in [0.4, 0.5) is 0 Å². The Hall–Kier alpha value is -1.79. The molecule has 3 heterocycles. The quantitative estimate of drug-likeness (QED) is 0.847. The zero-order chi connectivity index (χ0) is 15.1. The maximum absolute atomic E-state index is 12.4. The van der Waals surface area contributed by atoms with Crippen molar-refractivity contribution in [3.63, 3.8) is 0 Å².